The SMILES string of the molecule is CC1(C)CCC(CN2CCN(c3ccc(C(=O)NS(=O)(=O)c4ccc(NCC5(F)CCCOC5)c(N=O)c4)c(-n4[nH]cc5nc6nccc6cc54)c3)CC2)=C(c2ccc(Cl)cc2)C1. The van der Waals surface area contributed by atoms with E-state index < -0.39 is 21.6 Å². The lowest BCUT2D eigenvalue weighted by Crippen LogP contribution is -2.47. The Morgan fingerprint density at radius 2 is 1.83 bits per heavy atom. The lowest BCUT2D eigenvalue weighted by Gasteiger charge is -2.39. The van der Waals surface area contributed by atoms with E-state index in [2.05, 4.69) is 66.1 Å². The van der Waals surface area contributed by atoms with Gasteiger partial charge in [0.25, 0.3) is 15.9 Å². The van der Waals surface area contributed by atoms with Crippen molar-refractivity contribution in [3.05, 3.63) is 112 Å². The Kier molecular flexibility index (Phi) is 11.6. The van der Waals surface area contributed by atoms with Crippen molar-refractivity contribution in [3.8, 4) is 5.69 Å². The topological polar surface area (TPSA) is 167 Å². The van der Waals surface area contributed by atoms with Crippen LogP contribution in [0.25, 0.3) is 33.3 Å². The van der Waals surface area contributed by atoms with Crippen molar-refractivity contribution in [2.45, 2.75) is 56.5 Å². The molecule has 0 bridgehead atoms. The molecular weight excluding hydrogens is 845 g/mol. The predicted molar refractivity (Wildman–Crippen MR) is 244 cm³/mol. The fraction of sp³-hybridized carbons (Fsp3) is 0.370. The van der Waals surface area contributed by atoms with E-state index in [1.54, 1.807) is 23.1 Å². The number of amides is 1. The maximum absolute atomic E-state index is 15.2. The molecule has 1 aliphatic carbocycles. The molecule has 9 rings (SSSR count). The summed E-state index contributed by atoms with van der Waals surface area (Å²) in [6.45, 7) is 8.94. The number of anilines is 2. The van der Waals surface area contributed by atoms with Crippen molar-refractivity contribution in [2.24, 2.45) is 10.6 Å². The highest BCUT2D eigenvalue weighted by Gasteiger charge is 2.33. The van der Waals surface area contributed by atoms with Crippen molar-refractivity contribution in [1.82, 2.24) is 29.4 Å². The number of halogens is 2. The summed E-state index contributed by atoms with van der Waals surface area (Å²) in [5.74, 6) is -0.888. The largest absolute Gasteiger partial charge is 0.380 e. The molecule has 63 heavy (non-hydrogen) atoms. The van der Waals surface area contributed by atoms with Crippen LogP contribution in [0.4, 0.5) is 21.5 Å². The lowest BCUT2D eigenvalue weighted by atomic mass is 9.72. The summed E-state index contributed by atoms with van der Waals surface area (Å²) in [6.07, 6.45) is 7.43. The number of nitroso groups, excluding NO2 is 1. The average molecular weight is 894 g/mol. The fourth-order valence-corrected chi connectivity index (χ4v) is 10.1. The van der Waals surface area contributed by atoms with Crippen LogP contribution in [-0.2, 0) is 14.8 Å². The van der Waals surface area contributed by atoms with E-state index in [0.717, 1.165) is 74.1 Å². The van der Waals surface area contributed by atoms with E-state index >= 15 is 4.39 Å². The zero-order chi connectivity index (χ0) is 43.9. The summed E-state index contributed by atoms with van der Waals surface area (Å²) >= 11 is 6.25. The van der Waals surface area contributed by atoms with Gasteiger partial charge >= 0.3 is 0 Å². The van der Waals surface area contributed by atoms with Crippen LogP contribution >= 0.6 is 11.6 Å². The summed E-state index contributed by atoms with van der Waals surface area (Å²) in [6, 6.07) is 20.9. The second-order valence-corrected chi connectivity index (χ2v) is 19.7. The van der Waals surface area contributed by atoms with Gasteiger partial charge in [0.1, 0.15) is 11.2 Å². The molecule has 1 unspecified atom stereocenters. The Morgan fingerprint density at radius 3 is 2.59 bits per heavy atom. The smallest absolute Gasteiger partial charge is 0.267 e. The van der Waals surface area contributed by atoms with Gasteiger partial charge in [-0.1, -0.05) is 43.2 Å². The number of carbonyl (C=O) groups is 1. The third-order valence-corrected chi connectivity index (χ3v) is 14.1. The maximum atomic E-state index is 15.2. The van der Waals surface area contributed by atoms with Crippen LogP contribution < -0.4 is 14.9 Å². The molecule has 0 spiro atoms. The molecule has 2 fully saturated rings. The number of carbonyl (C=O) groups excluding carboxylic acids is 1. The zero-order valence-corrected chi connectivity index (χ0v) is 36.7. The van der Waals surface area contributed by atoms with Crippen LogP contribution in [-0.4, -0.2) is 97.1 Å². The molecule has 6 aromatic rings. The highest BCUT2D eigenvalue weighted by molar-refractivity contribution is 7.90. The number of nitrogens with one attached hydrogen (secondary N) is 3. The number of H-pyrrole nitrogens is 1. The van der Waals surface area contributed by atoms with Crippen LogP contribution in [0.15, 0.2) is 101 Å². The second-order valence-electron chi connectivity index (χ2n) is 17.6. The van der Waals surface area contributed by atoms with Crippen LogP contribution in [0.2, 0.25) is 5.02 Å². The third-order valence-electron chi connectivity index (χ3n) is 12.5. The Morgan fingerprint density at radius 1 is 1.02 bits per heavy atom. The molecule has 1 atom stereocenters. The lowest BCUT2D eigenvalue weighted by molar-refractivity contribution is -0.0234. The van der Waals surface area contributed by atoms with Gasteiger partial charge in [0.2, 0.25) is 0 Å². The van der Waals surface area contributed by atoms with E-state index in [0.29, 0.717) is 35.4 Å². The Hall–Kier alpha value is -5.68. The fourth-order valence-electron chi connectivity index (χ4n) is 8.96. The summed E-state index contributed by atoms with van der Waals surface area (Å²) < 4.78 is 52.0. The molecule has 2 saturated heterocycles. The molecule has 0 saturated carbocycles. The molecule has 17 heteroatoms. The summed E-state index contributed by atoms with van der Waals surface area (Å²) in [5.41, 5.74) is 5.81. The van der Waals surface area contributed by atoms with Crippen molar-refractivity contribution in [3.63, 3.8) is 0 Å². The number of ether oxygens (including phenoxy) is 1. The number of hydrogen-bond donors (Lipinski definition) is 3. The highest BCUT2D eigenvalue weighted by atomic mass is 35.5. The monoisotopic (exact) mass is 893 g/mol. The van der Waals surface area contributed by atoms with Gasteiger partial charge in [0.15, 0.2) is 11.3 Å². The van der Waals surface area contributed by atoms with Crippen molar-refractivity contribution in [2.75, 3.05) is 62.7 Å². The normalized spacial score (nSPS) is 19.7. The minimum atomic E-state index is -4.52. The number of hydrogen-bond acceptors (Lipinski definition) is 11. The number of alkyl halides is 1. The number of sulfonamides is 1. The Balaban J connectivity index is 0.970. The maximum Gasteiger partial charge on any atom is 0.267 e. The number of rotatable bonds is 12. The Bertz CT molecular complexity index is 2850. The molecule has 2 aliphatic heterocycles. The Labute approximate surface area is 369 Å². The van der Waals surface area contributed by atoms with Gasteiger partial charge in [-0.15, -0.1) is 4.91 Å². The quantitative estimate of drug-likeness (QED) is 0.101. The predicted octanol–water partition coefficient (Wildman–Crippen LogP) is 8.79. The molecule has 3 aromatic heterocycles. The molecule has 1 amide bonds. The van der Waals surface area contributed by atoms with Crippen LogP contribution in [0.1, 0.15) is 61.9 Å². The number of pyridine rings is 1. The summed E-state index contributed by atoms with van der Waals surface area (Å²) in [5, 5.41) is 10.6. The van der Waals surface area contributed by atoms with Crippen LogP contribution in [0, 0.1) is 10.3 Å². The molecule has 3 N–H and O–H groups in total. The number of aromatic nitrogens is 4. The summed E-state index contributed by atoms with van der Waals surface area (Å²) in [4.78, 5) is 39.5. The third kappa shape index (κ3) is 9.08. The molecule has 328 valence electrons. The number of benzene rings is 3. The molecule has 5 heterocycles. The van der Waals surface area contributed by atoms with Crippen LogP contribution in [0.5, 0.6) is 0 Å². The van der Waals surface area contributed by atoms with E-state index in [1.165, 1.54) is 28.8 Å². The standard InChI is InChI=1S/C46H49ClFN9O5S/c1-45(2)15-12-32(37(25-45)30-4-6-33(47)7-5-30)27-55-17-19-56(20-18-55)34-8-10-36(41(23-34)57-42-22-31-13-16-49-43(31)52-40(42)26-51-57)44(58)54-63(60,61)35-9-11-38(39(24-35)53-59)50-28-46(48)14-3-21-62-29-46/h4-11,13,16,22-24,26,50-51H,3,12,14-15,17-21,25,27-29H2,1-2H3,(H,54,58). The first-order valence-corrected chi connectivity index (χ1v) is 23.1. The van der Waals surface area contributed by atoms with E-state index in [1.807, 2.05) is 36.4 Å². The number of piperazine rings is 1. The van der Waals surface area contributed by atoms with Gasteiger partial charge in [0, 0.05) is 67.8 Å². The van der Waals surface area contributed by atoms with E-state index in [9.17, 15) is 18.1 Å². The number of aromatic amines is 1. The van der Waals surface area contributed by atoms with Gasteiger partial charge in [-0.3, -0.25) is 19.5 Å². The van der Waals surface area contributed by atoms with E-state index in [-0.39, 0.29) is 46.8 Å². The van der Waals surface area contributed by atoms with Gasteiger partial charge in [-0.05, 0) is 114 Å². The zero-order valence-electron chi connectivity index (χ0n) is 35.2. The number of allylic oxidation sites excluding steroid dienone is 1. The molecular formula is C46H49ClFN9O5S. The minimum absolute atomic E-state index is 0.0762. The molecule has 3 aliphatic rings. The molecule has 0 radical (unpaired) electrons. The number of nitrogens with zero attached hydrogens (tertiary/aromatic N) is 6. The van der Waals surface area contributed by atoms with Gasteiger partial charge in [-0.2, -0.15) is 0 Å². The van der Waals surface area contributed by atoms with E-state index in [4.69, 9.17) is 16.3 Å². The minimum Gasteiger partial charge on any atom is -0.380 e. The first kappa shape index (κ1) is 42.6. The van der Waals surface area contributed by atoms with Gasteiger partial charge in [0.05, 0.1) is 40.5 Å². The number of fused-ring (bicyclic) bond motifs is 2. The first-order valence-electron chi connectivity index (χ1n) is 21.2. The first-order chi connectivity index (χ1) is 30.3. The average Bonchev–Trinajstić information content (AvgIpc) is 3.92. The van der Waals surface area contributed by atoms with Crippen LogP contribution in [0.3, 0.4) is 0 Å². The molecule has 14 nitrogen and oxygen atoms in total. The van der Waals surface area contributed by atoms with Crippen molar-refractivity contribution in [1.29, 1.82) is 0 Å². The highest BCUT2D eigenvalue weighted by Crippen LogP contribution is 2.43. The van der Waals surface area contributed by atoms with Gasteiger partial charge < -0.3 is 15.0 Å². The van der Waals surface area contributed by atoms with Crippen molar-refractivity contribution < 1.29 is 22.3 Å². The second kappa shape index (κ2) is 17.1. The van der Waals surface area contributed by atoms with Gasteiger partial charge in [-0.25, -0.2) is 27.5 Å². The molecule has 3 aromatic carbocycles. The summed E-state index contributed by atoms with van der Waals surface area (Å²) in [7, 11) is -4.52. The van der Waals surface area contributed by atoms with Crippen molar-refractivity contribution >= 4 is 72.2 Å².